The third kappa shape index (κ3) is 3.68. The van der Waals surface area contributed by atoms with Crippen molar-refractivity contribution in [1.29, 1.82) is 0 Å². The molecule has 3 aromatic carbocycles. The van der Waals surface area contributed by atoms with Crippen molar-refractivity contribution in [3.8, 4) is 0 Å². The van der Waals surface area contributed by atoms with E-state index in [0.29, 0.717) is 4.90 Å². The maximum absolute atomic E-state index is 13.7. The molecule has 150 valence electrons. The summed E-state index contributed by atoms with van der Waals surface area (Å²) in [4.78, 5) is 3.48. The second-order valence-corrected chi connectivity index (χ2v) is 10.3. The Balaban J connectivity index is 1.86. The zero-order valence-corrected chi connectivity index (χ0v) is 18.4. The predicted molar refractivity (Wildman–Crippen MR) is 122 cm³/mol. The van der Waals surface area contributed by atoms with Gasteiger partial charge < -0.3 is 4.90 Å². The molecule has 0 radical (unpaired) electrons. The number of hydrogen-bond donors (Lipinski definition) is 0. The van der Waals surface area contributed by atoms with Crippen molar-refractivity contribution in [2.75, 3.05) is 26.4 Å². The summed E-state index contributed by atoms with van der Waals surface area (Å²) in [6, 6.07) is 20.9. The van der Waals surface area contributed by atoms with E-state index in [1.165, 1.54) is 3.97 Å². The normalized spacial score (nSPS) is 12.3. The van der Waals surface area contributed by atoms with E-state index in [1.54, 1.807) is 23.9 Å². The second kappa shape index (κ2) is 7.86. The molecule has 0 saturated carbocycles. The number of rotatable bonds is 6. The van der Waals surface area contributed by atoms with E-state index in [4.69, 9.17) is 0 Å². The highest BCUT2D eigenvalue weighted by atomic mass is 32.2. The van der Waals surface area contributed by atoms with E-state index in [-0.39, 0.29) is 0 Å². The molecule has 4 nitrogen and oxygen atoms in total. The molecule has 1 heterocycles. The van der Waals surface area contributed by atoms with Crippen LogP contribution in [0.4, 0.5) is 0 Å². The highest BCUT2D eigenvalue weighted by molar-refractivity contribution is 7.99. The topological polar surface area (TPSA) is 42.3 Å². The Morgan fingerprint density at radius 3 is 2.38 bits per heavy atom. The van der Waals surface area contributed by atoms with Gasteiger partial charge in [0.1, 0.15) is 0 Å². The summed E-state index contributed by atoms with van der Waals surface area (Å²) in [7, 11) is 0.370. The smallest absolute Gasteiger partial charge is 0.268 e. The largest absolute Gasteiger partial charge is 0.309 e. The lowest BCUT2D eigenvalue weighted by molar-refractivity contribution is 0.437. The van der Waals surface area contributed by atoms with Crippen LogP contribution >= 0.6 is 11.8 Å². The van der Waals surface area contributed by atoms with E-state index in [2.05, 4.69) is 4.90 Å². The summed E-state index contributed by atoms with van der Waals surface area (Å²) >= 11 is 1.71. The molecule has 0 saturated heterocycles. The summed E-state index contributed by atoms with van der Waals surface area (Å²) in [5.74, 6) is 0.901. The number of thioether (sulfide) groups is 1. The molecule has 0 N–H and O–H groups in total. The van der Waals surface area contributed by atoms with Gasteiger partial charge in [-0.2, -0.15) is 0 Å². The van der Waals surface area contributed by atoms with Gasteiger partial charge in [0.15, 0.2) is 0 Å². The first-order valence-corrected chi connectivity index (χ1v) is 11.9. The molecule has 4 rings (SSSR count). The van der Waals surface area contributed by atoms with Crippen molar-refractivity contribution >= 4 is 43.5 Å². The van der Waals surface area contributed by atoms with E-state index in [1.807, 2.05) is 75.6 Å². The number of benzene rings is 3. The Hall–Kier alpha value is -2.28. The fourth-order valence-electron chi connectivity index (χ4n) is 3.57. The van der Waals surface area contributed by atoms with Crippen LogP contribution in [0, 0.1) is 6.92 Å². The molecule has 0 fully saturated rings. The second-order valence-electron chi connectivity index (χ2n) is 7.36. The fourth-order valence-corrected chi connectivity index (χ4v) is 6.51. The third-order valence-corrected chi connectivity index (χ3v) is 8.04. The van der Waals surface area contributed by atoms with E-state index < -0.39 is 10.0 Å². The Morgan fingerprint density at radius 2 is 1.62 bits per heavy atom. The lowest BCUT2D eigenvalue weighted by Gasteiger charge is -2.12. The molecule has 4 aromatic rings. The minimum atomic E-state index is -3.72. The quantitative estimate of drug-likeness (QED) is 0.409. The monoisotopic (exact) mass is 424 g/mol. The number of nitrogens with zero attached hydrogens (tertiary/aromatic N) is 2. The van der Waals surface area contributed by atoms with Gasteiger partial charge in [0.2, 0.25) is 0 Å². The van der Waals surface area contributed by atoms with Gasteiger partial charge in [0.05, 0.1) is 10.4 Å². The van der Waals surface area contributed by atoms with Gasteiger partial charge in [-0.15, -0.1) is 11.8 Å². The lowest BCUT2D eigenvalue weighted by Crippen LogP contribution is -2.15. The molecule has 0 unspecified atom stereocenters. The molecule has 0 aliphatic heterocycles. The van der Waals surface area contributed by atoms with Crippen LogP contribution in [0.3, 0.4) is 0 Å². The Morgan fingerprint density at radius 1 is 0.931 bits per heavy atom. The average molecular weight is 425 g/mol. The number of aromatic nitrogens is 1. The van der Waals surface area contributed by atoms with Crippen LogP contribution in [0.25, 0.3) is 21.7 Å². The zero-order chi connectivity index (χ0) is 20.6. The van der Waals surface area contributed by atoms with Crippen LogP contribution in [0.1, 0.15) is 5.69 Å². The summed E-state index contributed by atoms with van der Waals surface area (Å²) < 4.78 is 28.8. The van der Waals surface area contributed by atoms with Gasteiger partial charge in [-0.1, -0.05) is 48.5 Å². The van der Waals surface area contributed by atoms with Crippen molar-refractivity contribution in [3.05, 3.63) is 72.4 Å². The molecular weight excluding hydrogens is 400 g/mol. The van der Waals surface area contributed by atoms with Crippen molar-refractivity contribution in [2.24, 2.45) is 0 Å². The van der Waals surface area contributed by atoms with Crippen LogP contribution in [0.2, 0.25) is 0 Å². The van der Waals surface area contributed by atoms with Crippen LogP contribution in [-0.4, -0.2) is 43.7 Å². The third-order valence-electron chi connectivity index (χ3n) is 5.04. The van der Waals surface area contributed by atoms with Gasteiger partial charge in [0, 0.05) is 28.3 Å². The van der Waals surface area contributed by atoms with Crippen LogP contribution in [0.5, 0.6) is 0 Å². The summed E-state index contributed by atoms with van der Waals surface area (Å²) in [5, 5.41) is 2.93. The van der Waals surface area contributed by atoms with Crippen LogP contribution in [-0.2, 0) is 10.0 Å². The van der Waals surface area contributed by atoms with Gasteiger partial charge >= 0.3 is 0 Å². The maximum Gasteiger partial charge on any atom is 0.268 e. The molecule has 0 bridgehead atoms. The molecular formula is C23H24N2O2S2. The van der Waals surface area contributed by atoms with E-state index >= 15 is 0 Å². The summed E-state index contributed by atoms with van der Waals surface area (Å²) in [6.07, 6.45) is 0. The van der Waals surface area contributed by atoms with Crippen molar-refractivity contribution < 1.29 is 8.42 Å². The molecule has 0 amide bonds. The predicted octanol–water partition coefficient (Wildman–Crippen LogP) is 4.99. The van der Waals surface area contributed by atoms with Gasteiger partial charge in [-0.3, -0.25) is 0 Å². The SMILES string of the molecule is Cc1c(SCCN(C)C)c2ccccc2n1S(=O)(=O)c1ccc2ccccc2c1. The standard InChI is InChI=1S/C23H24N2O2S2/c1-17-23(28-15-14-24(2)3)21-10-6-7-11-22(21)25(17)29(26,27)20-13-12-18-8-4-5-9-19(18)16-20/h4-13,16H,14-15H2,1-3H3. The Bertz CT molecular complexity index is 1290. The number of hydrogen-bond acceptors (Lipinski definition) is 4. The Kier molecular flexibility index (Phi) is 5.42. The van der Waals surface area contributed by atoms with Crippen LogP contribution < -0.4 is 0 Å². The number of fused-ring (bicyclic) bond motifs is 2. The first-order valence-electron chi connectivity index (χ1n) is 9.51. The maximum atomic E-state index is 13.7. The highest BCUT2D eigenvalue weighted by Crippen LogP contribution is 2.36. The molecule has 0 spiro atoms. The van der Waals surface area contributed by atoms with Gasteiger partial charge in [-0.05, 0) is 50.0 Å². The fraction of sp³-hybridized carbons (Fsp3) is 0.217. The molecule has 1 aromatic heterocycles. The summed E-state index contributed by atoms with van der Waals surface area (Å²) in [5.41, 5.74) is 1.49. The van der Waals surface area contributed by atoms with Crippen molar-refractivity contribution in [3.63, 3.8) is 0 Å². The van der Waals surface area contributed by atoms with E-state index in [0.717, 1.165) is 44.6 Å². The molecule has 0 aliphatic rings. The molecule has 29 heavy (non-hydrogen) atoms. The summed E-state index contributed by atoms with van der Waals surface area (Å²) in [6.45, 7) is 2.83. The molecule has 0 aliphatic carbocycles. The van der Waals surface area contributed by atoms with E-state index in [9.17, 15) is 8.42 Å². The highest BCUT2D eigenvalue weighted by Gasteiger charge is 2.25. The average Bonchev–Trinajstić information content (AvgIpc) is 2.99. The first kappa shape index (κ1) is 20.0. The Labute approximate surface area is 176 Å². The minimum absolute atomic E-state index is 0.310. The number of para-hydroxylation sites is 1. The van der Waals surface area contributed by atoms with Gasteiger partial charge in [-0.25, -0.2) is 12.4 Å². The molecule has 0 atom stereocenters. The minimum Gasteiger partial charge on any atom is -0.309 e. The van der Waals surface area contributed by atoms with Gasteiger partial charge in [0.25, 0.3) is 10.0 Å². The zero-order valence-electron chi connectivity index (χ0n) is 16.8. The van der Waals surface area contributed by atoms with Crippen molar-refractivity contribution in [2.45, 2.75) is 16.7 Å². The lowest BCUT2D eigenvalue weighted by atomic mass is 10.1. The van der Waals surface area contributed by atoms with Crippen molar-refractivity contribution in [1.82, 2.24) is 8.87 Å². The molecule has 6 heteroatoms. The van der Waals surface area contributed by atoms with Crippen LogP contribution in [0.15, 0.2) is 76.5 Å². The first-order chi connectivity index (χ1) is 13.9.